The summed E-state index contributed by atoms with van der Waals surface area (Å²) in [6, 6.07) is 1.89. The smallest absolute Gasteiger partial charge is 0.328 e. The largest absolute Gasteiger partial charge is 0.478 e. The van der Waals surface area contributed by atoms with Crippen LogP contribution >= 0.6 is 11.3 Å². The van der Waals surface area contributed by atoms with Crippen LogP contribution in [0.25, 0.3) is 6.08 Å². The Hall–Kier alpha value is -1.66. The highest BCUT2D eigenvalue weighted by Crippen LogP contribution is 2.22. The summed E-state index contributed by atoms with van der Waals surface area (Å²) < 4.78 is 5.59. The van der Waals surface area contributed by atoms with Crippen molar-refractivity contribution in [3.8, 4) is 0 Å². The molecule has 2 rings (SSSR count). The fourth-order valence-corrected chi connectivity index (χ4v) is 3.18. The number of hydrogen-bond acceptors (Lipinski definition) is 4. The van der Waals surface area contributed by atoms with E-state index in [2.05, 4.69) is 0 Å². The van der Waals surface area contributed by atoms with E-state index in [1.54, 1.807) is 18.0 Å². The molecule has 1 N–H and O–H groups in total. The maximum Gasteiger partial charge on any atom is 0.328 e. The molecule has 1 aliphatic rings. The number of carbonyl (C=O) groups is 2. The van der Waals surface area contributed by atoms with Gasteiger partial charge in [-0.15, -0.1) is 11.3 Å². The fraction of sp³-hybridized carbons (Fsp3) is 0.467. The molecule has 1 saturated heterocycles. The molecule has 1 amide bonds. The number of aliphatic carboxylic acids is 1. The van der Waals surface area contributed by atoms with Crippen molar-refractivity contribution in [1.29, 1.82) is 0 Å². The van der Waals surface area contributed by atoms with E-state index >= 15 is 0 Å². The van der Waals surface area contributed by atoms with Gasteiger partial charge in [0, 0.05) is 18.0 Å². The zero-order valence-corrected chi connectivity index (χ0v) is 12.9. The lowest BCUT2D eigenvalue weighted by Gasteiger charge is -2.20. The number of thiophene rings is 1. The van der Waals surface area contributed by atoms with Crippen molar-refractivity contribution < 1.29 is 19.4 Å². The van der Waals surface area contributed by atoms with Gasteiger partial charge in [-0.1, -0.05) is 0 Å². The Balaban J connectivity index is 1.92. The van der Waals surface area contributed by atoms with E-state index in [4.69, 9.17) is 9.84 Å². The van der Waals surface area contributed by atoms with Crippen LogP contribution in [0.3, 0.4) is 0 Å². The topological polar surface area (TPSA) is 66.8 Å². The number of carbonyl (C=O) groups excluding carboxylic acids is 1. The Morgan fingerprint density at radius 1 is 1.52 bits per heavy atom. The first-order chi connectivity index (χ1) is 9.95. The molecule has 1 aromatic heterocycles. The summed E-state index contributed by atoms with van der Waals surface area (Å²) in [5, 5.41) is 10.5. The van der Waals surface area contributed by atoms with Gasteiger partial charge in [-0.2, -0.15) is 0 Å². The minimum atomic E-state index is -0.970. The van der Waals surface area contributed by atoms with Gasteiger partial charge in [0.05, 0.1) is 12.6 Å². The predicted molar refractivity (Wildman–Crippen MR) is 81.0 cm³/mol. The van der Waals surface area contributed by atoms with Crippen LogP contribution < -0.4 is 0 Å². The summed E-state index contributed by atoms with van der Waals surface area (Å²) in [5.74, 6) is -0.960. The second-order valence-corrected chi connectivity index (χ2v) is 6.22. The first kappa shape index (κ1) is 15.7. The molecule has 21 heavy (non-hydrogen) atoms. The average molecular weight is 309 g/mol. The minimum absolute atomic E-state index is 0.00961. The Bertz CT molecular complexity index is 552. The molecule has 1 aromatic rings. The van der Waals surface area contributed by atoms with Crippen molar-refractivity contribution in [2.24, 2.45) is 0 Å². The number of amides is 1. The quantitative estimate of drug-likeness (QED) is 0.848. The van der Waals surface area contributed by atoms with E-state index in [1.807, 2.05) is 18.4 Å². The highest BCUT2D eigenvalue weighted by Gasteiger charge is 2.30. The summed E-state index contributed by atoms with van der Waals surface area (Å²) in [7, 11) is 1.77. The zero-order chi connectivity index (χ0) is 15.4. The second-order valence-electron chi connectivity index (χ2n) is 5.22. The third-order valence-electron chi connectivity index (χ3n) is 3.37. The van der Waals surface area contributed by atoms with Gasteiger partial charge in [-0.3, -0.25) is 4.79 Å². The lowest BCUT2D eigenvalue weighted by Crippen LogP contribution is -2.35. The molecule has 0 bridgehead atoms. The molecule has 2 atom stereocenters. The second kappa shape index (κ2) is 6.87. The molecular formula is C15H19NO4S. The van der Waals surface area contributed by atoms with E-state index in [-0.39, 0.29) is 18.1 Å². The van der Waals surface area contributed by atoms with Crippen molar-refractivity contribution in [2.75, 3.05) is 7.05 Å². The van der Waals surface area contributed by atoms with Gasteiger partial charge >= 0.3 is 5.97 Å². The Morgan fingerprint density at radius 2 is 2.29 bits per heavy atom. The van der Waals surface area contributed by atoms with Gasteiger partial charge in [0.1, 0.15) is 6.10 Å². The van der Waals surface area contributed by atoms with Crippen LogP contribution in [0.4, 0.5) is 0 Å². The van der Waals surface area contributed by atoms with Crippen LogP contribution in [-0.4, -0.2) is 41.1 Å². The summed E-state index contributed by atoms with van der Waals surface area (Å²) in [6.07, 6.45) is 4.19. The number of carboxylic acids is 1. The molecule has 0 saturated carbocycles. The monoisotopic (exact) mass is 309 g/mol. The number of nitrogens with zero attached hydrogens (tertiary/aromatic N) is 1. The van der Waals surface area contributed by atoms with E-state index in [0.717, 1.165) is 29.4 Å². The standard InChI is InChI=1S/C15H19NO4S/c1-10-3-5-13(20-10)15(19)16(2)8-12-7-11(9-21-12)4-6-14(17)18/h4,6-7,9-10,13H,3,5,8H2,1-2H3,(H,17,18)/b6-4+. The summed E-state index contributed by atoms with van der Waals surface area (Å²) in [6.45, 7) is 2.49. The van der Waals surface area contributed by atoms with Crippen LogP contribution in [0.2, 0.25) is 0 Å². The summed E-state index contributed by atoms with van der Waals surface area (Å²) >= 11 is 1.51. The highest BCUT2D eigenvalue weighted by molar-refractivity contribution is 7.10. The number of rotatable bonds is 5. The maximum absolute atomic E-state index is 12.2. The van der Waals surface area contributed by atoms with Crippen molar-refractivity contribution >= 4 is 29.3 Å². The number of likely N-dealkylation sites (N-methyl/N-ethyl adjacent to an activating group) is 1. The Labute approximate surface area is 127 Å². The van der Waals surface area contributed by atoms with Crippen LogP contribution in [0.5, 0.6) is 0 Å². The summed E-state index contributed by atoms with van der Waals surface area (Å²) in [5.41, 5.74) is 0.837. The summed E-state index contributed by atoms with van der Waals surface area (Å²) in [4.78, 5) is 25.4. The van der Waals surface area contributed by atoms with Crippen molar-refractivity contribution in [3.05, 3.63) is 28.0 Å². The molecule has 114 valence electrons. The first-order valence-corrected chi connectivity index (χ1v) is 7.72. The predicted octanol–water partition coefficient (Wildman–Crippen LogP) is 2.37. The molecule has 2 unspecified atom stereocenters. The van der Waals surface area contributed by atoms with E-state index in [1.165, 1.54) is 11.3 Å². The van der Waals surface area contributed by atoms with Gasteiger partial charge < -0.3 is 14.7 Å². The van der Waals surface area contributed by atoms with E-state index in [9.17, 15) is 9.59 Å². The molecule has 0 aliphatic carbocycles. The highest BCUT2D eigenvalue weighted by atomic mass is 32.1. The van der Waals surface area contributed by atoms with Crippen LogP contribution in [0, 0.1) is 0 Å². The molecule has 0 radical (unpaired) electrons. The first-order valence-electron chi connectivity index (χ1n) is 6.84. The Morgan fingerprint density at radius 3 is 2.90 bits per heavy atom. The SMILES string of the molecule is CC1CCC(C(=O)N(C)Cc2cc(/C=C/C(=O)O)cs2)O1. The van der Waals surface area contributed by atoms with Crippen molar-refractivity contribution in [3.63, 3.8) is 0 Å². The van der Waals surface area contributed by atoms with Crippen LogP contribution in [-0.2, 0) is 20.9 Å². The minimum Gasteiger partial charge on any atom is -0.478 e. The van der Waals surface area contributed by atoms with E-state index < -0.39 is 5.97 Å². The Kier molecular flexibility index (Phi) is 5.14. The molecular weight excluding hydrogens is 290 g/mol. The molecule has 1 aliphatic heterocycles. The molecule has 6 heteroatoms. The molecule has 1 fully saturated rings. The van der Waals surface area contributed by atoms with Crippen molar-refractivity contribution in [1.82, 2.24) is 4.90 Å². The number of ether oxygens (including phenoxy) is 1. The van der Waals surface area contributed by atoms with Gasteiger partial charge in [-0.05, 0) is 42.9 Å². The third-order valence-corrected chi connectivity index (χ3v) is 4.31. The lowest BCUT2D eigenvalue weighted by molar-refractivity contribution is -0.141. The molecule has 0 spiro atoms. The maximum atomic E-state index is 12.2. The van der Waals surface area contributed by atoms with Gasteiger partial charge in [-0.25, -0.2) is 4.79 Å². The number of carboxylic acid groups (broad SMARTS) is 1. The third kappa shape index (κ3) is 4.41. The lowest BCUT2D eigenvalue weighted by atomic mass is 10.2. The van der Waals surface area contributed by atoms with E-state index in [0.29, 0.717) is 6.54 Å². The molecule has 2 heterocycles. The normalized spacial score (nSPS) is 21.8. The van der Waals surface area contributed by atoms with Crippen molar-refractivity contribution in [2.45, 2.75) is 38.5 Å². The van der Waals surface area contributed by atoms with Crippen LogP contribution in [0.1, 0.15) is 30.2 Å². The van der Waals surface area contributed by atoms with Gasteiger partial charge in [0.2, 0.25) is 0 Å². The molecule has 0 aromatic carbocycles. The van der Waals surface area contributed by atoms with Gasteiger partial charge in [0.15, 0.2) is 0 Å². The number of hydrogen-bond donors (Lipinski definition) is 1. The van der Waals surface area contributed by atoms with Crippen LogP contribution in [0.15, 0.2) is 17.5 Å². The molecule has 5 nitrogen and oxygen atoms in total. The van der Waals surface area contributed by atoms with Gasteiger partial charge in [0.25, 0.3) is 5.91 Å². The average Bonchev–Trinajstić information content (AvgIpc) is 3.04. The fourth-order valence-electron chi connectivity index (χ4n) is 2.28. The zero-order valence-electron chi connectivity index (χ0n) is 12.1.